The summed E-state index contributed by atoms with van der Waals surface area (Å²) >= 11 is 0. The molecule has 0 aliphatic carbocycles. The lowest BCUT2D eigenvalue weighted by atomic mass is 9.97. The molecule has 61 heavy (non-hydrogen) atoms. The summed E-state index contributed by atoms with van der Waals surface area (Å²) < 4.78 is 32.3. The average Bonchev–Trinajstić information content (AvgIpc) is 3.95. The smallest absolute Gasteiger partial charge is 0.189 e. The van der Waals surface area contributed by atoms with Gasteiger partial charge in [-0.05, 0) is 61.4 Å². The lowest BCUT2D eigenvalue weighted by molar-refractivity contribution is -0.375. The number of aliphatic hydroxyl groups is 6. The molecule has 0 amide bonds. The fraction of sp³-hybridized carbons (Fsp3) is 0.636. The summed E-state index contributed by atoms with van der Waals surface area (Å²) in [5, 5.41) is 81.8. The summed E-state index contributed by atoms with van der Waals surface area (Å²) in [6.45, 7) is 5.55. The maximum atomic E-state index is 10.9. The van der Waals surface area contributed by atoms with E-state index < -0.39 is 61.4 Å². The Balaban J connectivity index is 1.00. The summed E-state index contributed by atoms with van der Waals surface area (Å²) in [6, 6.07) is 15.0. The van der Waals surface area contributed by atoms with Gasteiger partial charge < -0.3 is 54.3 Å². The molecule has 2 aromatic carbocycles. The molecule has 4 aromatic rings. The molecule has 0 saturated carbocycles. The highest BCUT2D eigenvalue weighted by molar-refractivity contribution is 5.59. The molecule has 0 spiro atoms. The molecule has 2 aromatic heterocycles. The van der Waals surface area contributed by atoms with Crippen LogP contribution in [0.2, 0.25) is 0 Å². The van der Waals surface area contributed by atoms with Gasteiger partial charge in [0.05, 0.1) is 38.7 Å². The summed E-state index contributed by atoms with van der Waals surface area (Å²) in [5.41, 5.74) is 2.69. The first-order valence-corrected chi connectivity index (χ1v) is 22.0. The third-order valence-corrected chi connectivity index (χ3v) is 11.2. The van der Waals surface area contributed by atoms with Gasteiger partial charge in [0.15, 0.2) is 12.6 Å². The number of hydrogen-bond acceptors (Lipinski definition) is 15. The number of rotatable bonds is 24. The van der Waals surface area contributed by atoms with Gasteiger partial charge >= 0.3 is 0 Å². The van der Waals surface area contributed by atoms with Gasteiger partial charge in [0.25, 0.3) is 0 Å². The molecule has 10 atom stereocenters. The summed E-state index contributed by atoms with van der Waals surface area (Å²) in [6.07, 6.45) is 1.99. The Morgan fingerprint density at radius 3 is 1.26 bits per heavy atom. The quantitative estimate of drug-likeness (QED) is 0.0548. The van der Waals surface area contributed by atoms with Gasteiger partial charge in [-0.3, -0.25) is 0 Å². The SMILES string of the molecule is CCCCCCCCOc1ccc(-c2cn(C[C@H]3O[C@H](O[C@H]4O[C@H](Cn5cc(-c6ccc(OCCCCCCCC)cc6)nn5)[C@@H](O)[C@H](O)[C@H]4O)[C@H](O)[C@@H](O)[C@@H]3O)nn2)cc1. The predicted molar refractivity (Wildman–Crippen MR) is 223 cm³/mol. The molecule has 0 unspecified atom stereocenters. The lowest BCUT2D eigenvalue weighted by Gasteiger charge is -2.45. The van der Waals surface area contributed by atoms with Crippen molar-refractivity contribution in [3.63, 3.8) is 0 Å². The van der Waals surface area contributed by atoms with Crippen molar-refractivity contribution in [2.45, 2.75) is 165 Å². The molecule has 6 N–H and O–H groups in total. The van der Waals surface area contributed by atoms with Crippen LogP contribution < -0.4 is 9.47 Å². The van der Waals surface area contributed by atoms with E-state index in [1.807, 2.05) is 48.5 Å². The number of benzene rings is 2. The van der Waals surface area contributed by atoms with E-state index in [4.69, 9.17) is 23.7 Å². The molecule has 2 aliphatic heterocycles. The first kappa shape index (κ1) is 46.5. The largest absolute Gasteiger partial charge is 0.494 e. The molecule has 0 radical (unpaired) electrons. The van der Waals surface area contributed by atoms with Crippen molar-refractivity contribution in [3.8, 4) is 34.0 Å². The number of unbranched alkanes of at least 4 members (excludes halogenated alkanes) is 10. The molecule has 2 aliphatic rings. The van der Waals surface area contributed by atoms with Crippen LogP contribution in [0.4, 0.5) is 0 Å². The fourth-order valence-corrected chi connectivity index (χ4v) is 7.49. The van der Waals surface area contributed by atoms with E-state index in [2.05, 4.69) is 34.5 Å². The molecule has 4 heterocycles. The first-order valence-electron chi connectivity index (χ1n) is 22.0. The van der Waals surface area contributed by atoms with Gasteiger partial charge in [-0.1, -0.05) is 88.5 Å². The van der Waals surface area contributed by atoms with Crippen molar-refractivity contribution in [2.75, 3.05) is 13.2 Å². The fourth-order valence-electron chi connectivity index (χ4n) is 7.49. The summed E-state index contributed by atoms with van der Waals surface area (Å²) in [7, 11) is 0. The molecule has 2 fully saturated rings. The molecule has 6 rings (SSSR count). The molecular weight excluding hydrogens is 789 g/mol. The molecule has 0 bridgehead atoms. The Bertz CT molecular complexity index is 1710. The Hall–Kier alpha value is -4.04. The molecule has 336 valence electrons. The second-order valence-electron chi connectivity index (χ2n) is 16.1. The topological polar surface area (TPSA) is 229 Å². The van der Waals surface area contributed by atoms with Crippen LogP contribution in [0.25, 0.3) is 22.5 Å². The van der Waals surface area contributed by atoms with Crippen molar-refractivity contribution >= 4 is 0 Å². The predicted octanol–water partition coefficient (Wildman–Crippen LogP) is 4.01. The van der Waals surface area contributed by atoms with Gasteiger partial charge in [-0.2, -0.15) is 0 Å². The van der Waals surface area contributed by atoms with Crippen molar-refractivity contribution in [3.05, 3.63) is 60.9 Å². The van der Waals surface area contributed by atoms with Gasteiger partial charge in [-0.25, -0.2) is 9.36 Å². The van der Waals surface area contributed by atoms with Crippen molar-refractivity contribution in [1.29, 1.82) is 0 Å². The maximum Gasteiger partial charge on any atom is 0.189 e. The van der Waals surface area contributed by atoms with E-state index in [9.17, 15) is 30.6 Å². The van der Waals surface area contributed by atoms with Crippen LogP contribution in [0.3, 0.4) is 0 Å². The lowest BCUT2D eigenvalue weighted by Crippen LogP contribution is -2.63. The summed E-state index contributed by atoms with van der Waals surface area (Å²) in [4.78, 5) is 0. The molecule has 17 nitrogen and oxygen atoms in total. The van der Waals surface area contributed by atoms with E-state index in [-0.39, 0.29) is 13.1 Å². The van der Waals surface area contributed by atoms with Crippen molar-refractivity contribution in [2.24, 2.45) is 0 Å². The standard InChI is InChI=1S/C44H64N6O11/c1-3-5-7-9-11-13-23-57-31-19-15-29(16-20-31)33-25-49(47-45-33)27-35-37(51)39(53)41(55)43(59-35)61-44-42(56)40(54)38(52)36(60-44)28-50-26-34(46-48-50)30-17-21-32(22-18-30)58-24-14-12-10-8-6-4-2/h15-22,25-26,35-44,51-56H,3-14,23-24,27-28H2,1-2H3/t35-,36-,37-,38-,39+,40+,41-,42-,43-,44-/m1/s1. The zero-order valence-electron chi connectivity index (χ0n) is 35.3. The number of hydrogen-bond donors (Lipinski definition) is 6. The van der Waals surface area contributed by atoms with Gasteiger partial charge in [-0.15, -0.1) is 10.2 Å². The second kappa shape index (κ2) is 23.4. The van der Waals surface area contributed by atoms with Crippen LogP contribution >= 0.6 is 0 Å². The van der Waals surface area contributed by atoms with Crippen LogP contribution in [0.15, 0.2) is 60.9 Å². The minimum atomic E-state index is -1.76. The van der Waals surface area contributed by atoms with Crippen LogP contribution in [0, 0.1) is 0 Å². The minimum Gasteiger partial charge on any atom is -0.494 e. The van der Waals surface area contributed by atoms with Crippen LogP contribution in [-0.4, -0.2) is 135 Å². The normalized spacial score (nSPS) is 26.7. The van der Waals surface area contributed by atoms with Crippen LogP contribution in [0.5, 0.6) is 11.5 Å². The van der Waals surface area contributed by atoms with E-state index in [1.165, 1.54) is 60.7 Å². The van der Waals surface area contributed by atoms with Gasteiger partial charge in [0.2, 0.25) is 0 Å². The number of ether oxygens (including phenoxy) is 5. The number of aromatic nitrogens is 6. The van der Waals surface area contributed by atoms with E-state index >= 15 is 0 Å². The maximum absolute atomic E-state index is 10.9. The third kappa shape index (κ3) is 13.0. The zero-order chi connectivity index (χ0) is 43.1. The van der Waals surface area contributed by atoms with E-state index in [0.717, 1.165) is 48.3 Å². The zero-order valence-corrected chi connectivity index (χ0v) is 35.3. The minimum absolute atomic E-state index is 0.0844. The Morgan fingerprint density at radius 1 is 0.492 bits per heavy atom. The highest BCUT2D eigenvalue weighted by Gasteiger charge is 2.50. The Kier molecular flexibility index (Phi) is 17.8. The number of nitrogens with zero attached hydrogens (tertiary/aromatic N) is 6. The van der Waals surface area contributed by atoms with Crippen LogP contribution in [0.1, 0.15) is 90.9 Å². The van der Waals surface area contributed by atoms with E-state index in [1.54, 1.807) is 12.4 Å². The van der Waals surface area contributed by atoms with Crippen LogP contribution in [-0.2, 0) is 27.3 Å². The Morgan fingerprint density at radius 2 is 0.869 bits per heavy atom. The van der Waals surface area contributed by atoms with Gasteiger partial charge in [0.1, 0.15) is 71.7 Å². The number of aliphatic hydroxyl groups excluding tert-OH is 6. The molecular formula is C44H64N6O11. The van der Waals surface area contributed by atoms with Crippen molar-refractivity contribution < 1.29 is 54.3 Å². The highest BCUT2D eigenvalue weighted by Crippen LogP contribution is 2.30. The second-order valence-corrected chi connectivity index (χ2v) is 16.1. The monoisotopic (exact) mass is 852 g/mol. The Labute approximate surface area is 357 Å². The van der Waals surface area contributed by atoms with E-state index in [0.29, 0.717) is 24.6 Å². The summed E-state index contributed by atoms with van der Waals surface area (Å²) in [5.74, 6) is 1.52. The van der Waals surface area contributed by atoms with Crippen molar-refractivity contribution in [1.82, 2.24) is 30.0 Å². The van der Waals surface area contributed by atoms with Gasteiger partial charge in [0, 0.05) is 11.1 Å². The third-order valence-electron chi connectivity index (χ3n) is 11.2. The molecule has 2 saturated heterocycles. The molecule has 17 heteroatoms. The highest BCUT2D eigenvalue weighted by atomic mass is 16.8. The average molecular weight is 853 g/mol. The first-order chi connectivity index (χ1) is 29.6.